The van der Waals surface area contributed by atoms with Crippen LogP contribution in [0.25, 0.3) is 0 Å². The molecule has 2 bridgehead atoms. The summed E-state index contributed by atoms with van der Waals surface area (Å²) in [6.45, 7) is 1.21. The molecule has 13 heavy (non-hydrogen) atoms. The highest BCUT2D eigenvalue weighted by Gasteiger charge is 2.49. The van der Waals surface area contributed by atoms with Crippen LogP contribution in [0.5, 0.6) is 0 Å². The molecular formula is C8H13NO3S. The van der Waals surface area contributed by atoms with Gasteiger partial charge in [0, 0.05) is 6.54 Å². The SMILES string of the molecule is O=S(=O)(C1CC1)N1CC2CC1CO2. The number of fused-ring (bicyclic) bond motifs is 2. The standard InChI is InChI=1S/C8H13NO3S/c10-13(11,8-1-2-8)9-4-7-3-6(9)5-12-7/h6-8H,1-5H2. The smallest absolute Gasteiger partial charge is 0.217 e. The lowest BCUT2D eigenvalue weighted by Gasteiger charge is -2.25. The molecule has 2 unspecified atom stereocenters. The van der Waals surface area contributed by atoms with Crippen molar-refractivity contribution in [1.82, 2.24) is 4.31 Å². The molecule has 1 saturated carbocycles. The summed E-state index contributed by atoms with van der Waals surface area (Å²) in [5.41, 5.74) is 0. The first kappa shape index (κ1) is 8.20. The van der Waals surface area contributed by atoms with Crippen LogP contribution in [0.2, 0.25) is 0 Å². The Morgan fingerprint density at radius 2 is 2.08 bits per heavy atom. The van der Waals surface area contributed by atoms with Gasteiger partial charge in [-0.15, -0.1) is 0 Å². The maximum absolute atomic E-state index is 11.9. The fourth-order valence-corrected chi connectivity index (χ4v) is 4.28. The van der Waals surface area contributed by atoms with E-state index in [2.05, 4.69) is 0 Å². The summed E-state index contributed by atoms with van der Waals surface area (Å²) in [6, 6.07) is 0.149. The number of hydrogen-bond acceptors (Lipinski definition) is 3. The molecule has 0 aromatic rings. The highest BCUT2D eigenvalue weighted by atomic mass is 32.2. The van der Waals surface area contributed by atoms with Gasteiger partial charge >= 0.3 is 0 Å². The van der Waals surface area contributed by atoms with E-state index in [9.17, 15) is 8.42 Å². The second-order valence-electron chi connectivity index (χ2n) is 4.16. The van der Waals surface area contributed by atoms with Gasteiger partial charge in [0.15, 0.2) is 0 Å². The molecule has 0 N–H and O–H groups in total. The highest BCUT2D eigenvalue weighted by Crippen LogP contribution is 2.37. The van der Waals surface area contributed by atoms with Crippen LogP contribution in [0.15, 0.2) is 0 Å². The van der Waals surface area contributed by atoms with E-state index in [1.54, 1.807) is 4.31 Å². The van der Waals surface area contributed by atoms with Crippen LogP contribution in [-0.2, 0) is 14.8 Å². The van der Waals surface area contributed by atoms with Crippen molar-refractivity contribution in [3.8, 4) is 0 Å². The van der Waals surface area contributed by atoms with Gasteiger partial charge < -0.3 is 4.74 Å². The second kappa shape index (κ2) is 2.46. The Balaban J connectivity index is 1.86. The van der Waals surface area contributed by atoms with E-state index in [1.165, 1.54) is 0 Å². The Morgan fingerprint density at radius 3 is 2.54 bits per heavy atom. The molecule has 4 nitrogen and oxygen atoms in total. The first-order valence-electron chi connectivity index (χ1n) is 4.80. The monoisotopic (exact) mass is 203 g/mol. The summed E-state index contributed by atoms with van der Waals surface area (Å²) >= 11 is 0. The van der Waals surface area contributed by atoms with Gasteiger partial charge in [-0.05, 0) is 19.3 Å². The molecule has 0 radical (unpaired) electrons. The maximum Gasteiger partial charge on any atom is 0.217 e. The van der Waals surface area contributed by atoms with Crippen molar-refractivity contribution in [2.75, 3.05) is 13.2 Å². The fraction of sp³-hybridized carbons (Fsp3) is 1.00. The van der Waals surface area contributed by atoms with Crippen LogP contribution in [0.1, 0.15) is 19.3 Å². The Hall–Kier alpha value is -0.130. The fourth-order valence-electron chi connectivity index (χ4n) is 2.23. The molecule has 0 amide bonds. The van der Waals surface area contributed by atoms with Gasteiger partial charge in [0.2, 0.25) is 10.0 Å². The van der Waals surface area contributed by atoms with E-state index in [1.807, 2.05) is 0 Å². The largest absolute Gasteiger partial charge is 0.375 e. The minimum atomic E-state index is -2.94. The molecule has 0 spiro atoms. The lowest BCUT2D eigenvalue weighted by Crippen LogP contribution is -2.42. The zero-order valence-corrected chi connectivity index (χ0v) is 8.16. The minimum Gasteiger partial charge on any atom is -0.375 e. The van der Waals surface area contributed by atoms with E-state index in [0.29, 0.717) is 13.2 Å². The minimum absolute atomic E-state index is 0.0631. The highest BCUT2D eigenvalue weighted by molar-refractivity contribution is 7.90. The van der Waals surface area contributed by atoms with Crippen molar-refractivity contribution in [3.05, 3.63) is 0 Å². The molecule has 2 aliphatic heterocycles. The molecule has 1 aliphatic carbocycles. The number of sulfonamides is 1. The third kappa shape index (κ3) is 1.14. The quantitative estimate of drug-likeness (QED) is 0.632. The molecular weight excluding hydrogens is 190 g/mol. The lowest BCUT2D eigenvalue weighted by atomic mass is 10.3. The lowest BCUT2D eigenvalue weighted by molar-refractivity contribution is 0.0608. The summed E-state index contributed by atoms with van der Waals surface area (Å²) in [7, 11) is -2.94. The average Bonchev–Trinajstić information content (AvgIpc) is 2.76. The van der Waals surface area contributed by atoms with Crippen molar-refractivity contribution in [3.63, 3.8) is 0 Å². The van der Waals surface area contributed by atoms with Crippen molar-refractivity contribution >= 4 is 10.0 Å². The molecule has 3 aliphatic rings. The predicted molar refractivity (Wildman–Crippen MR) is 46.8 cm³/mol. The van der Waals surface area contributed by atoms with Crippen LogP contribution < -0.4 is 0 Å². The van der Waals surface area contributed by atoms with Crippen molar-refractivity contribution in [2.24, 2.45) is 0 Å². The van der Waals surface area contributed by atoms with Crippen LogP contribution in [0, 0.1) is 0 Å². The van der Waals surface area contributed by atoms with Crippen LogP contribution in [0.4, 0.5) is 0 Å². The number of nitrogens with zero attached hydrogens (tertiary/aromatic N) is 1. The predicted octanol–water partition coefficient (Wildman–Crippen LogP) is -0.0483. The molecule has 0 aromatic carbocycles. The van der Waals surface area contributed by atoms with Crippen LogP contribution in [0.3, 0.4) is 0 Å². The van der Waals surface area contributed by atoms with Gasteiger partial charge in [-0.25, -0.2) is 8.42 Å². The molecule has 2 saturated heterocycles. The van der Waals surface area contributed by atoms with E-state index in [4.69, 9.17) is 4.74 Å². The number of rotatable bonds is 2. The first-order chi connectivity index (χ1) is 6.18. The van der Waals surface area contributed by atoms with Crippen molar-refractivity contribution in [1.29, 1.82) is 0 Å². The van der Waals surface area contributed by atoms with E-state index in [0.717, 1.165) is 19.3 Å². The molecule has 2 heterocycles. The first-order valence-corrected chi connectivity index (χ1v) is 6.30. The Labute approximate surface area is 77.9 Å². The van der Waals surface area contributed by atoms with Gasteiger partial charge in [0.25, 0.3) is 0 Å². The zero-order valence-electron chi connectivity index (χ0n) is 7.35. The van der Waals surface area contributed by atoms with E-state index in [-0.39, 0.29) is 17.4 Å². The molecule has 2 atom stereocenters. The number of hydrogen-bond donors (Lipinski definition) is 0. The second-order valence-corrected chi connectivity index (χ2v) is 6.32. The number of ether oxygens (including phenoxy) is 1. The molecule has 3 fully saturated rings. The number of morpholine rings is 1. The average molecular weight is 203 g/mol. The van der Waals surface area contributed by atoms with Gasteiger partial charge in [0.05, 0.1) is 24.0 Å². The van der Waals surface area contributed by atoms with E-state index >= 15 is 0 Å². The summed E-state index contributed by atoms with van der Waals surface area (Å²) in [5.74, 6) is 0. The molecule has 5 heteroatoms. The van der Waals surface area contributed by atoms with Crippen molar-refractivity contribution < 1.29 is 13.2 Å². The molecule has 3 rings (SSSR count). The Kier molecular flexibility index (Phi) is 1.55. The summed E-state index contributed by atoms with van der Waals surface area (Å²) in [5, 5.41) is -0.0631. The zero-order chi connectivity index (χ0) is 9.05. The summed E-state index contributed by atoms with van der Waals surface area (Å²) in [6.07, 6.45) is 2.80. The van der Waals surface area contributed by atoms with Gasteiger partial charge in [0.1, 0.15) is 0 Å². The maximum atomic E-state index is 11.9. The van der Waals surface area contributed by atoms with Crippen LogP contribution in [-0.4, -0.2) is 43.3 Å². The summed E-state index contributed by atoms with van der Waals surface area (Å²) in [4.78, 5) is 0. The topological polar surface area (TPSA) is 46.6 Å². The molecule has 74 valence electrons. The van der Waals surface area contributed by atoms with Crippen LogP contribution >= 0.6 is 0 Å². The van der Waals surface area contributed by atoms with Gasteiger partial charge in [-0.3, -0.25) is 0 Å². The molecule has 0 aromatic heterocycles. The third-order valence-electron chi connectivity index (χ3n) is 3.12. The summed E-state index contributed by atoms with van der Waals surface area (Å²) < 4.78 is 30.8. The third-order valence-corrected chi connectivity index (χ3v) is 5.54. The normalized spacial score (nSPS) is 40.0. The van der Waals surface area contributed by atoms with Gasteiger partial charge in [-0.1, -0.05) is 0 Å². The van der Waals surface area contributed by atoms with Crippen molar-refractivity contribution in [2.45, 2.75) is 36.7 Å². The van der Waals surface area contributed by atoms with Gasteiger partial charge in [-0.2, -0.15) is 4.31 Å². The Bertz CT molecular complexity index is 322. The van der Waals surface area contributed by atoms with E-state index < -0.39 is 10.0 Å². The Morgan fingerprint density at radius 1 is 1.31 bits per heavy atom.